The van der Waals surface area contributed by atoms with Crippen molar-refractivity contribution in [2.75, 3.05) is 0 Å². The van der Waals surface area contributed by atoms with Crippen molar-refractivity contribution in [3.8, 4) is 0 Å². The average Bonchev–Trinajstić information content (AvgIpc) is 3.34. The van der Waals surface area contributed by atoms with Gasteiger partial charge in [-0.15, -0.1) is 4.78 Å². The van der Waals surface area contributed by atoms with Gasteiger partial charge in [0.2, 0.25) is 18.9 Å². The summed E-state index contributed by atoms with van der Waals surface area (Å²) in [5, 5.41) is 39.6. The topological polar surface area (TPSA) is 493 Å². The quantitative estimate of drug-likeness (QED) is 0.0463. The highest BCUT2D eigenvalue weighted by Crippen LogP contribution is 2.36. The van der Waals surface area contributed by atoms with Crippen LogP contribution in [0, 0.1) is 35.5 Å². The summed E-state index contributed by atoms with van der Waals surface area (Å²) >= 11 is 0. The number of hydrogen-bond donors (Lipinski definition) is 4. The fourth-order valence-electron chi connectivity index (χ4n) is 7.29. The van der Waals surface area contributed by atoms with Crippen molar-refractivity contribution in [1.82, 2.24) is 0 Å². The first-order valence-electron chi connectivity index (χ1n) is 24.3. The molecule has 33 nitrogen and oxygen atoms in total. The smallest absolute Gasteiger partial charge is 0.373 e. The van der Waals surface area contributed by atoms with E-state index in [-0.39, 0.29) is 84.4 Å². The minimum Gasteiger partial charge on any atom is -0.459 e. The molecule has 4 aliphatic rings. The molecule has 0 saturated carbocycles. The van der Waals surface area contributed by atoms with Gasteiger partial charge in [-0.2, -0.15) is 28.8 Å². The monoisotopic (exact) mass is 1180 g/mol. The predicted octanol–water partition coefficient (Wildman–Crippen LogP) is 2.11. The molecular weight excluding hydrogens is 1110 g/mol. The van der Waals surface area contributed by atoms with Crippen molar-refractivity contribution < 1.29 is 130 Å². The summed E-state index contributed by atoms with van der Waals surface area (Å²) in [6.45, 7) is 29.4. The largest absolute Gasteiger partial charge is 0.459 e. The second-order valence-corrected chi connectivity index (χ2v) is 23.5. The molecular formula is C47H76N6O27Si. The fourth-order valence-corrected chi connectivity index (χ4v) is 7.56. The second kappa shape index (κ2) is 42.1. The van der Waals surface area contributed by atoms with Gasteiger partial charge in [-0.3, -0.25) is 33.6 Å². The highest BCUT2D eigenvalue weighted by molar-refractivity contribution is 6.74. The number of ketones is 1. The summed E-state index contributed by atoms with van der Waals surface area (Å²) in [5.74, 6) is -2.04. The maximum absolute atomic E-state index is 11.5. The van der Waals surface area contributed by atoms with Gasteiger partial charge in [0.25, 0.3) is 6.47 Å². The molecule has 81 heavy (non-hydrogen) atoms. The van der Waals surface area contributed by atoms with Crippen LogP contribution in [0.4, 0.5) is 0 Å². The number of carbonyl (C=O) groups excluding carboxylic acids is 13. The summed E-state index contributed by atoms with van der Waals surface area (Å²) in [7, 11) is -1.45. The van der Waals surface area contributed by atoms with E-state index in [9.17, 15) is 33.6 Å². The van der Waals surface area contributed by atoms with Gasteiger partial charge in [0.05, 0.1) is 12.2 Å². The Balaban J connectivity index is -0.000000449. The molecule has 0 spiro atoms. The number of Topliss-reactive ketones (excluding diaryl/α,β-unsaturated/α-hetero) is 1. The first kappa shape index (κ1) is 80.6. The molecule has 0 aromatic rings. The molecule has 20 atom stereocenters. The minimum absolute atomic E-state index is 0.00499. The van der Waals surface area contributed by atoms with Crippen molar-refractivity contribution >= 4 is 68.8 Å². The Morgan fingerprint density at radius 1 is 0.494 bits per heavy atom. The van der Waals surface area contributed by atoms with Crippen molar-refractivity contribution in [2.45, 2.75) is 203 Å². The van der Waals surface area contributed by atoms with Gasteiger partial charge in [0, 0.05) is 57.3 Å². The first-order chi connectivity index (χ1) is 37.4. The zero-order valence-electron chi connectivity index (χ0n) is 48.0. The van der Waals surface area contributed by atoms with Crippen LogP contribution < -0.4 is 0 Å². The van der Waals surface area contributed by atoms with E-state index in [0.29, 0.717) is 0 Å². The lowest BCUT2D eigenvalue weighted by molar-refractivity contribution is -0.328. The standard InChI is InChI=1S/C13H20O6.C12H20O5.C10H17N3O3.C6H10O7.C3H9N3Si.3CO2/c1-6-7(2)12(17-9(4)15)13(18-10(5)16)19-11(6)8(3)14;1-6-7(2)11(16-9(4)13)12(15-8(6)3)17-10(5)14;1-5-6(2)9(16-8(4)14)10(12-13-11)15-7(5)3;7-1-12-6-4(10)2(8)3(9)5(11)13-6;1-7(2,3)6-5-4;3*2-1-3/h6-7,11-13H,1-5H3;6-8,11-12H,1-5H3;5-7,9-10H,1-4H3;1-6,8-11H;1-3H3;;;. The molecule has 4 saturated heterocycles. The third-order valence-corrected chi connectivity index (χ3v) is 12.6. The number of nitrogens with zero attached hydrogens (tertiary/aromatic N) is 6. The van der Waals surface area contributed by atoms with Gasteiger partial charge < -0.3 is 67.8 Å². The van der Waals surface area contributed by atoms with Crippen molar-refractivity contribution in [3.05, 3.63) is 20.9 Å². The molecule has 0 amide bonds. The van der Waals surface area contributed by atoms with Gasteiger partial charge in [0.1, 0.15) is 38.8 Å². The molecule has 4 N–H and O–H groups in total. The van der Waals surface area contributed by atoms with Gasteiger partial charge in [-0.1, -0.05) is 66.3 Å². The first-order valence-corrected chi connectivity index (χ1v) is 27.7. The van der Waals surface area contributed by atoms with Crippen LogP contribution in [0.15, 0.2) is 9.89 Å². The molecule has 0 aliphatic carbocycles. The van der Waals surface area contributed by atoms with Crippen LogP contribution in [0.3, 0.4) is 0 Å². The molecule has 4 fully saturated rings. The summed E-state index contributed by atoms with van der Waals surface area (Å²) in [6.07, 6.45) is -12.3. The van der Waals surface area contributed by atoms with Crippen LogP contribution in [0.2, 0.25) is 19.6 Å². The molecule has 4 aliphatic heterocycles. The average molecular weight is 1190 g/mol. The van der Waals surface area contributed by atoms with E-state index in [2.05, 4.69) is 29.2 Å². The SMILES string of the molecule is CC(=O)OC1C(N=[N+]=[N-])OC(C)C(C)C1C.CC(=O)OC1OC(C(C)=O)C(C)C(C)C1OC(C)=O.CC(=O)OC1OC(C)C(C)C(C)C1OC(C)=O.C[Si](C)(C)N=[N+]=[N-].O=C=O.O=C=O.O=C=O.O=COC1OC(O)C(O)C(O)C1O. The third-order valence-electron chi connectivity index (χ3n) is 11.9. The van der Waals surface area contributed by atoms with Crippen LogP contribution in [0.1, 0.15) is 96.9 Å². The second-order valence-electron chi connectivity index (χ2n) is 19.0. The predicted molar refractivity (Wildman–Crippen MR) is 266 cm³/mol. The van der Waals surface area contributed by atoms with E-state index < -0.39 is 106 Å². The Bertz CT molecular complexity index is 2150. The number of aliphatic hydroxyl groups excluding tert-OH is 4. The lowest BCUT2D eigenvalue weighted by Crippen LogP contribution is -2.58. The van der Waals surface area contributed by atoms with E-state index in [1.807, 2.05) is 75.0 Å². The summed E-state index contributed by atoms with van der Waals surface area (Å²) < 4.78 is 54.4. The normalized spacial score (nSPS) is 32.1. The molecule has 0 radical (unpaired) electrons. The molecule has 460 valence electrons. The number of aliphatic hydroxyl groups is 4. The number of rotatable bonds is 10. The van der Waals surface area contributed by atoms with Gasteiger partial charge in [-0.25, -0.2) is 0 Å². The third kappa shape index (κ3) is 32.3. The van der Waals surface area contributed by atoms with Gasteiger partial charge >= 0.3 is 48.3 Å². The van der Waals surface area contributed by atoms with Crippen LogP contribution in [-0.4, -0.2) is 176 Å². The molecule has 4 heterocycles. The molecule has 4 rings (SSSR count). The van der Waals surface area contributed by atoms with E-state index in [1.54, 1.807) is 0 Å². The maximum atomic E-state index is 11.5. The van der Waals surface area contributed by atoms with Crippen LogP contribution in [0.25, 0.3) is 20.9 Å². The summed E-state index contributed by atoms with van der Waals surface area (Å²) in [4.78, 5) is 131. The summed E-state index contributed by atoms with van der Waals surface area (Å²) in [5.41, 5.74) is 16.3. The lowest BCUT2D eigenvalue weighted by atomic mass is 9.82. The molecule has 0 bridgehead atoms. The summed E-state index contributed by atoms with van der Waals surface area (Å²) in [6, 6.07) is 0. The molecule has 0 aromatic heterocycles. The number of azide groups is 2. The molecule has 0 aromatic carbocycles. The number of ether oxygens (including phenoxy) is 10. The highest BCUT2D eigenvalue weighted by Gasteiger charge is 2.48. The minimum atomic E-state index is -1.69. The molecule has 20 unspecified atom stereocenters. The van der Waals surface area contributed by atoms with Gasteiger partial charge in [0.15, 0.2) is 30.5 Å². The Kier molecular flexibility index (Phi) is 41.9. The Morgan fingerprint density at radius 2 is 0.852 bits per heavy atom. The highest BCUT2D eigenvalue weighted by atomic mass is 28.3. The number of carbonyl (C=O) groups is 7. The lowest BCUT2D eigenvalue weighted by Gasteiger charge is -2.42. The maximum Gasteiger partial charge on any atom is 0.373 e. The van der Waals surface area contributed by atoms with E-state index in [4.69, 9.17) is 98.2 Å². The van der Waals surface area contributed by atoms with Crippen molar-refractivity contribution in [3.63, 3.8) is 0 Å². The van der Waals surface area contributed by atoms with Gasteiger partial charge in [-0.05, 0) is 54.5 Å². The van der Waals surface area contributed by atoms with E-state index in [0.717, 1.165) is 0 Å². The zero-order chi connectivity index (χ0) is 64.2. The van der Waals surface area contributed by atoms with Crippen molar-refractivity contribution in [1.29, 1.82) is 0 Å². The van der Waals surface area contributed by atoms with Crippen LogP contribution in [-0.2, 0) is 110 Å². The van der Waals surface area contributed by atoms with Crippen molar-refractivity contribution in [2.24, 2.45) is 45.4 Å². The Labute approximate surface area is 467 Å². The van der Waals surface area contributed by atoms with E-state index >= 15 is 0 Å². The van der Waals surface area contributed by atoms with Crippen LogP contribution >= 0.6 is 0 Å². The fraction of sp³-hybridized carbons (Fsp3) is 0.787. The number of esters is 5. The Hall–Kier alpha value is -6.85. The number of hydrogen-bond acceptors (Lipinski definition) is 29. The zero-order valence-corrected chi connectivity index (χ0v) is 49.0. The van der Waals surface area contributed by atoms with E-state index in [1.165, 1.54) is 41.5 Å². The molecule has 34 heteroatoms. The Morgan fingerprint density at radius 3 is 1.19 bits per heavy atom. The van der Waals surface area contributed by atoms with Crippen LogP contribution in [0.5, 0.6) is 0 Å².